The Morgan fingerprint density at radius 1 is 1.31 bits per heavy atom. The van der Waals surface area contributed by atoms with Crippen LogP contribution in [0.5, 0.6) is 0 Å². The number of likely N-dealkylation sites (N-methyl/N-ethyl adjacent to an activating group) is 1. The minimum Gasteiger partial charge on any atom is -0.310 e. The minimum absolute atomic E-state index is 0.734. The van der Waals surface area contributed by atoms with Crippen molar-refractivity contribution in [3.63, 3.8) is 0 Å². The van der Waals surface area contributed by atoms with Crippen LogP contribution in [-0.4, -0.2) is 37.1 Å². The summed E-state index contributed by atoms with van der Waals surface area (Å²) in [7, 11) is 2.27. The fourth-order valence-electron chi connectivity index (χ4n) is 2.93. The first kappa shape index (κ1) is 9.47. The van der Waals surface area contributed by atoms with Crippen molar-refractivity contribution in [2.45, 2.75) is 44.7 Å². The highest BCUT2D eigenvalue weighted by molar-refractivity contribution is 4.90. The SMILES string of the molecule is CCC1CN(C)CC2CCCC2N1. The lowest BCUT2D eigenvalue weighted by Gasteiger charge is -2.20. The molecule has 0 bridgehead atoms. The van der Waals surface area contributed by atoms with E-state index < -0.39 is 0 Å². The molecule has 1 saturated carbocycles. The molecule has 2 nitrogen and oxygen atoms in total. The molecule has 0 aromatic rings. The quantitative estimate of drug-likeness (QED) is 0.660. The summed E-state index contributed by atoms with van der Waals surface area (Å²) in [5.41, 5.74) is 0. The van der Waals surface area contributed by atoms with Crippen molar-refractivity contribution in [2.24, 2.45) is 5.92 Å². The summed E-state index contributed by atoms with van der Waals surface area (Å²) < 4.78 is 0. The fraction of sp³-hybridized carbons (Fsp3) is 1.00. The van der Waals surface area contributed by atoms with Crippen molar-refractivity contribution in [2.75, 3.05) is 20.1 Å². The van der Waals surface area contributed by atoms with Crippen LogP contribution in [0.1, 0.15) is 32.6 Å². The number of fused-ring (bicyclic) bond motifs is 1. The molecule has 0 radical (unpaired) electrons. The van der Waals surface area contributed by atoms with Crippen LogP contribution in [0.15, 0.2) is 0 Å². The number of nitrogens with one attached hydrogen (secondary N) is 1. The molecule has 76 valence electrons. The highest BCUT2D eigenvalue weighted by atomic mass is 15.2. The highest BCUT2D eigenvalue weighted by Gasteiger charge is 2.32. The molecule has 1 heterocycles. The van der Waals surface area contributed by atoms with E-state index in [1.807, 2.05) is 0 Å². The van der Waals surface area contributed by atoms with Gasteiger partial charge in [-0.2, -0.15) is 0 Å². The maximum absolute atomic E-state index is 3.82. The molecule has 0 aromatic carbocycles. The summed E-state index contributed by atoms with van der Waals surface area (Å²) in [5.74, 6) is 0.932. The van der Waals surface area contributed by atoms with Gasteiger partial charge in [0.05, 0.1) is 0 Å². The Hall–Kier alpha value is -0.0800. The maximum Gasteiger partial charge on any atom is 0.0194 e. The monoisotopic (exact) mass is 182 g/mol. The first-order valence-electron chi connectivity index (χ1n) is 5.74. The van der Waals surface area contributed by atoms with Crippen LogP contribution in [-0.2, 0) is 0 Å². The Morgan fingerprint density at radius 2 is 2.15 bits per heavy atom. The van der Waals surface area contributed by atoms with Crippen LogP contribution in [0.4, 0.5) is 0 Å². The average Bonchev–Trinajstić information content (AvgIpc) is 2.46. The van der Waals surface area contributed by atoms with E-state index in [1.165, 1.54) is 38.8 Å². The maximum atomic E-state index is 3.82. The Balaban J connectivity index is 2.00. The van der Waals surface area contributed by atoms with Crippen molar-refractivity contribution < 1.29 is 0 Å². The second kappa shape index (κ2) is 3.97. The van der Waals surface area contributed by atoms with E-state index in [-0.39, 0.29) is 0 Å². The predicted molar refractivity (Wildman–Crippen MR) is 55.8 cm³/mol. The molecule has 0 aromatic heterocycles. The summed E-state index contributed by atoms with van der Waals surface area (Å²) in [6, 6.07) is 1.56. The molecule has 1 aliphatic heterocycles. The molecule has 1 aliphatic carbocycles. The van der Waals surface area contributed by atoms with Crippen molar-refractivity contribution in [1.82, 2.24) is 10.2 Å². The standard InChI is InChI=1S/C11H22N2/c1-3-10-8-13(2)7-9-5-4-6-11(9)12-10/h9-12H,3-8H2,1-2H3. The number of rotatable bonds is 1. The fourth-order valence-corrected chi connectivity index (χ4v) is 2.93. The van der Waals surface area contributed by atoms with E-state index in [1.54, 1.807) is 0 Å². The molecular weight excluding hydrogens is 160 g/mol. The molecule has 3 atom stereocenters. The zero-order valence-electron chi connectivity index (χ0n) is 8.92. The van der Waals surface area contributed by atoms with Crippen LogP contribution in [0.25, 0.3) is 0 Å². The van der Waals surface area contributed by atoms with Gasteiger partial charge in [0.2, 0.25) is 0 Å². The molecule has 2 aliphatic rings. The van der Waals surface area contributed by atoms with Gasteiger partial charge in [0.1, 0.15) is 0 Å². The second-order valence-electron chi connectivity index (χ2n) is 4.79. The average molecular weight is 182 g/mol. The Morgan fingerprint density at radius 3 is 2.92 bits per heavy atom. The smallest absolute Gasteiger partial charge is 0.0194 e. The number of hydrogen-bond donors (Lipinski definition) is 1. The first-order chi connectivity index (χ1) is 6.29. The third-order valence-corrected chi connectivity index (χ3v) is 3.68. The molecule has 2 rings (SSSR count). The van der Waals surface area contributed by atoms with Gasteiger partial charge in [-0.05, 0) is 32.2 Å². The van der Waals surface area contributed by atoms with Crippen molar-refractivity contribution in [3.05, 3.63) is 0 Å². The summed E-state index contributed by atoms with van der Waals surface area (Å²) in [4.78, 5) is 2.51. The summed E-state index contributed by atoms with van der Waals surface area (Å²) in [6.07, 6.45) is 5.56. The third kappa shape index (κ3) is 2.05. The Labute approximate surface area is 81.7 Å². The lowest BCUT2D eigenvalue weighted by Crippen LogP contribution is -2.40. The zero-order chi connectivity index (χ0) is 9.26. The molecule has 1 saturated heterocycles. The predicted octanol–water partition coefficient (Wildman–Crippen LogP) is 1.47. The van der Waals surface area contributed by atoms with Gasteiger partial charge in [-0.15, -0.1) is 0 Å². The molecule has 2 fully saturated rings. The van der Waals surface area contributed by atoms with Gasteiger partial charge in [-0.1, -0.05) is 13.3 Å². The molecule has 0 spiro atoms. The topological polar surface area (TPSA) is 15.3 Å². The van der Waals surface area contributed by atoms with Crippen LogP contribution < -0.4 is 5.32 Å². The van der Waals surface area contributed by atoms with Crippen molar-refractivity contribution in [1.29, 1.82) is 0 Å². The third-order valence-electron chi connectivity index (χ3n) is 3.68. The zero-order valence-corrected chi connectivity index (χ0v) is 8.92. The van der Waals surface area contributed by atoms with Crippen molar-refractivity contribution >= 4 is 0 Å². The van der Waals surface area contributed by atoms with Crippen LogP contribution in [0.3, 0.4) is 0 Å². The van der Waals surface area contributed by atoms with Crippen LogP contribution >= 0.6 is 0 Å². The largest absolute Gasteiger partial charge is 0.310 e. The number of hydrogen-bond acceptors (Lipinski definition) is 2. The van der Waals surface area contributed by atoms with E-state index in [9.17, 15) is 0 Å². The lowest BCUT2D eigenvalue weighted by molar-refractivity contribution is 0.289. The normalized spacial score (nSPS) is 41.5. The highest BCUT2D eigenvalue weighted by Crippen LogP contribution is 2.28. The molecule has 0 amide bonds. The second-order valence-corrected chi connectivity index (χ2v) is 4.79. The van der Waals surface area contributed by atoms with E-state index in [2.05, 4.69) is 24.2 Å². The van der Waals surface area contributed by atoms with Gasteiger partial charge >= 0.3 is 0 Å². The van der Waals surface area contributed by atoms with E-state index >= 15 is 0 Å². The van der Waals surface area contributed by atoms with Crippen LogP contribution in [0.2, 0.25) is 0 Å². The van der Waals surface area contributed by atoms with E-state index in [4.69, 9.17) is 0 Å². The Bertz CT molecular complexity index is 169. The van der Waals surface area contributed by atoms with Gasteiger partial charge in [-0.3, -0.25) is 0 Å². The van der Waals surface area contributed by atoms with E-state index in [0.717, 1.165) is 18.0 Å². The first-order valence-corrected chi connectivity index (χ1v) is 5.74. The van der Waals surface area contributed by atoms with Gasteiger partial charge in [0.15, 0.2) is 0 Å². The number of nitrogens with zero attached hydrogens (tertiary/aromatic N) is 1. The molecule has 1 N–H and O–H groups in total. The van der Waals surface area contributed by atoms with Gasteiger partial charge in [0.25, 0.3) is 0 Å². The molecule has 3 unspecified atom stereocenters. The summed E-state index contributed by atoms with van der Waals surface area (Å²) >= 11 is 0. The summed E-state index contributed by atoms with van der Waals surface area (Å²) in [5, 5.41) is 3.82. The van der Waals surface area contributed by atoms with Crippen LogP contribution in [0, 0.1) is 5.92 Å². The van der Waals surface area contributed by atoms with Gasteiger partial charge in [0, 0.05) is 25.2 Å². The molecular formula is C11H22N2. The lowest BCUT2D eigenvalue weighted by atomic mass is 10.0. The van der Waals surface area contributed by atoms with E-state index in [0.29, 0.717) is 0 Å². The van der Waals surface area contributed by atoms with Gasteiger partial charge in [-0.25, -0.2) is 0 Å². The summed E-state index contributed by atoms with van der Waals surface area (Å²) in [6.45, 7) is 4.85. The minimum atomic E-state index is 0.734. The van der Waals surface area contributed by atoms with Crippen molar-refractivity contribution in [3.8, 4) is 0 Å². The molecule has 2 heteroatoms. The molecule has 13 heavy (non-hydrogen) atoms. The Kier molecular flexibility index (Phi) is 2.89. The van der Waals surface area contributed by atoms with Gasteiger partial charge < -0.3 is 10.2 Å².